The molecule has 6 heteroatoms. The molecule has 1 aliphatic rings. The van der Waals surface area contributed by atoms with E-state index in [1.165, 1.54) is 10.4 Å². The zero-order chi connectivity index (χ0) is 20.4. The van der Waals surface area contributed by atoms with Crippen LogP contribution < -0.4 is 15.0 Å². The minimum absolute atomic E-state index is 0.0514. The van der Waals surface area contributed by atoms with Crippen LogP contribution >= 0.6 is 11.3 Å². The van der Waals surface area contributed by atoms with Crippen molar-refractivity contribution in [2.24, 2.45) is 0 Å². The Labute approximate surface area is 174 Å². The molecule has 29 heavy (non-hydrogen) atoms. The SMILES string of the molecule is COc1ccc2cc(C[NH+](C)CC(=O)Nc3sc4c(c3C#N)CCC4)ccc2c1. The van der Waals surface area contributed by atoms with Crippen molar-refractivity contribution in [1.82, 2.24) is 0 Å². The van der Waals surface area contributed by atoms with Gasteiger partial charge in [-0.25, -0.2) is 0 Å². The lowest BCUT2D eigenvalue weighted by molar-refractivity contribution is -0.885. The molecule has 0 saturated carbocycles. The van der Waals surface area contributed by atoms with Crippen molar-refractivity contribution >= 4 is 33.0 Å². The summed E-state index contributed by atoms with van der Waals surface area (Å²) in [5, 5.41) is 15.5. The number of carbonyl (C=O) groups is 1. The molecule has 1 unspecified atom stereocenters. The third-order valence-corrected chi connectivity index (χ3v) is 6.57. The zero-order valence-electron chi connectivity index (χ0n) is 16.7. The molecule has 2 N–H and O–H groups in total. The van der Waals surface area contributed by atoms with Crippen LogP contribution in [0.1, 0.15) is 28.0 Å². The van der Waals surface area contributed by atoms with E-state index in [1.54, 1.807) is 18.4 Å². The van der Waals surface area contributed by atoms with Crippen LogP contribution in [0, 0.1) is 11.3 Å². The Morgan fingerprint density at radius 1 is 1.24 bits per heavy atom. The maximum absolute atomic E-state index is 12.5. The Bertz CT molecular complexity index is 1110. The quantitative estimate of drug-likeness (QED) is 0.662. The number of rotatable bonds is 6. The van der Waals surface area contributed by atoms with Gasteiger partial charge in [-0.2, -0.15) is 5.26 Å². The number of aryl methyl sites for hydroxylation is 1. The lowest BCUT2D eigenvalue weighted by atomic mass is 10.1. The first kappa shape index (κ1) is 19.4. The number of hydrogen-bond acceptors (Lipinski definition) is 4. The second-order valence-corrected chi connectivity index (χ2v) is 8.68. The van der Waals surface area contributed by atoms with Gasteiger partial charge in [-0.05, 0) is 53.8 Å². The highest BCUT2D eigenvalue weighted by Crippen LogP contribution is 2.38. The molecule has 1 atom stereocenters. The predicted molar refractivity (Wildman–Crippen MR) is 116 cm³/mol. The fourth-order valence-electron chi connectivity index (χ4n) is 3.98. The molecule has 5 nitrogen and oxygen atoms in total. The molecule has 0 radical (unpaired) electrons. The number of nitrogens with one attached hydrogen (secondary N) is 2. The highest BCUT2D eigenvalue weighted by atomic mass is 32.1. The molecule has 0 bridgehead atoms. The standard InChI is InChI=1S/C23H23N3O2S/c1-26(13-15-6-7-17-11-18(28-2)9-8-16(17)10-15)14-22(27)25-23-20(12-24)19-4-3-5-21(19)29-23/h6-11H,3-5,13-14H2,1-2H3,(H,25,27)/p+1. The predicted octanol–water partition coefficient (Wildman–Crippen LogP) is 2.92. The summed E-state index contributed by atoms with van der Waals surface area (Å²) in [5.41, 5.74) is 2.99. The van der Waals surface area contributed by atoms with E-state index in [0.29, 0.717) is 12.1 Å². The second kappa shape index (κ2) is 8.24. The molecule has 148 valence electrons. The number of thiophene rings is 1. The van der Waals surface area contributed by atoms with E-state index >= 15 is 0 Å². The van der Waals surface area contributed by atoms with Crippen LogP contribution in [0.2, 0.25) is 0 Å². The number of hydrogen-bond donors (Lipinski definition) is 2. The van der Waals surface area contributed by atoms with Gasteiger partial charge in [-0.3, -0.25) is 4.79 Å². The van der Waals surface area contributed by atoms with Crippen molar-refractivity contribution in [1.29, 1.82) is 5.26 Å². The molecular weight excluding hydrogens is 382 g/mol. The van der Waals surface area contributed by atoms with E-state index in [1.807, 2.05) is 19.2 Å². The highest BCUT2D eigenvalue weighted by Gasteiger charge is 2.23. The highest BCUT2D eigenvalue weighted by molar-refractivity contribution is 7.16. The molecule has 0 saturated heterocycles. The van der Waals surface area contributed by atoms with Crippen LogP contribution in [0.15, 0.2) is 36.4 Å². The molecular formula is C23H24N3O2S+. The zero-order valence-corrected chi connectivity index (χ0v) is 17.5. The first-order valence-electron chi connectivity index (χ1n) is 9.80. The lowest BCUT2D eigenvalue weighted by Crippen LogP contribution is -3.08. The number of benzene rings is 2. The topological polar surface area (TPSA) is 66.6 Å². The van der Waals surface area contributed by atoms with Crippen molar-refractivity contribution in [3.63, 3.8) is 0 Å². The number of carbonyl (C=O) groups excluding carboxylic acids is 1. The smallest absolute Gasteiger partial charge is 0.280 e. The summed E-state index contributed by atoms with van der Waals surface area (Å²) in [6.07, 6.45) is 3.07. The Hall–Kier alpha value is -2.88. The Kier molecular flexibility index (Phi) is 5.52. The summed E-state index contributed by atoms with van der Waals surface area (Å²) in [6, 6.07) is 14.7. The van der Waals surface area contributed by atoms with E-state index in [-0.39, 0.29) is 5.91 Å². The van der Waals surface area contributed by atoms with Gasteiger partial charge in [0.2, 0.25) is 0 Å². The average Bonchev–Trinajstić information content (AvgIpc) is 3.27. The maximum Gasteiger partial charge on any atom is 0.280 e. The van der Waals surface area contributed by atoms with Crippen LogP contribution in [0.25, 0.3) is 10.8 Å². The lowest BCUT2D eigenvalue weighted by Gasteiger charge is -2.14. The van der Waals surface area contributed by atoms with Gasteiger partial charge >= 0.3 is 0 Å². The number of methoxy groups -OCH3 is 1. The fourth-order valence-corrected chi connectivity index (χ4v) is 5.23. The summed E-state index contributed by atoms with van der Waals surface area (Å²) in [4.78, 5) is 14.9. The second-order valence-electron chi connectivity index (χ2n) is 7.58. The molecule has 1 amide bonds. The van der Waals surface area contributed by atoms with Gasteiger partial charge in [-0.15, -0.1) is 11.3 Å². The number of quaternary nitrogens is 1. The van der Waals surface area contributed by atoms with Gasteiger partial charge in [0.25, 0.3) is 5.91 Å². The monoisotopic (exact) mass is 406 g/mol. The van der Waals surface area contributed by atoms with Crippen molar-refractivity contribution in [2.75, 3.05) is 26.0 Å². The van der Waals surface area contributed by atoms with Gasteiger partial charge in [0.1, 0.15) is 23.4 Å². The molecule has 4 rings (SSSR count). The molecule has 2 aromatic carbocycles. The fraction of sp³-hybridized carbons (Fsp3) is 0.304. The van der Waals surface area contributed by atoms with Crippen molar-refractivity contribution in [3.8, 4) is 11.8 Å². The van der Waals surface area contributed by atoms with Crippen molar-refractivity contribution in [2.45, 2.75) is 25.8 Å². The molecule has 1 heterocycles. The minimum atomic E-state index is -0.0514. The number of likely N-dealkylation sites (N-methyl/N-ethyl adjacent to an activating group) is 1. The van der Waals surface area contributed by atoms with E-state index in [2.05, 4.69) is 35.7 Å². The number of ether oxygens (including phenoxy) is 1. The number of nitriles is 1. The van der Waals surface area contributed by atoms with Gasteiger partial charge in [0.15, 0.2) is 6.54 Å². The third kappa shape index (κ3) is 4.12. The van der Waals surface area contributed by atoms with Gasteiger partial charge in [0.05, 0.1) is 19.7 Å². The summed E-state index contributed by atoms with van der Waals surface area (Å²) in [5.74, 6) is 0.797. The molecule has 1 aromatic heterocycles. The first-order valence-corrected chi connectivity index (χ1v) is 10.6. The Morgan fingerprint density at radius 2 is 2.03 bits per heavy atom. The third-order valence-electron chi connectivity index (χ3n) is 5.37. The molecule has 1 aliphatic carbocycles. The molecule has 3 aromatic rings. The van der Waals surface area contributed by atoms with Crippen LogP contribution in [-0.2, 0) is 24.2 Å². The normalized spacial score (nSPS) is 13.7. The Balaban J connectivity index is 1.39. The van der Waals surface area contributed by atoms with E-state index in [0.717, 1.165) is 57.8 Å². The van der Waals surface area contributed by atoms with Crippen LogP contribution in [-0.4, -0.2) is 26.6 Å². The minimum Gasteiger partial charge on any atom is -0.497 e. The average molecular weight is 407 g/mol. The summed E-state index contributed by atoms with van der Waals surface area (Å²) in [7, 11) is 3.68. The summed E-state index contributed by atoms with van der Waals surface area (Å²) < 4.78 is 5.28. The summed E-state index contributed by atoms with van der Waals surface area (Å²) in [6.45, 7) is 1.11. The van der Waals surface area contributed by atoms with Gasteiger partial charge in [0, 0.05) is 10.4 Å². The largest absolute Gasteiger partial charge is 0.497 e. The van der Waals surface area contributed by atoms with Crippen molar-refractivity contribution in [3.05, 3.63) is 58.0 Å². The van der Waals surface area contributed by atoms with E-state index < -0.39 is 0 Å². The Morgan fingerprint density at radius 3 is 2.83 bits per heavy atom. The van der Waals surface area contributed by atoms with E-state index in [9.17, 15) is 10.1 Å². The van der Waals surface area contributed by atoms with Crippen LogP contribution in [0.3, 0.4) is 0 Å². The number of amides is 1. The van der Waals surface area contributed by atoms with Gasteiger partial charge in [-0.1, -0.05) is 18.2 Å². The maximum atomic E-state index is 12.5. The van der Waals surface area contributed by atoms with Crippen LogP contribution in [0.5, 0.6) is 5.75 Å². The number of anilines is 1. The molecule has 0 spiro atoms. The summed E-state index contributed by atoms with van der Waals surface area (Å²) >= 11 is 1.56. The molecule has 0 fully saturated rings. The van der Waals surface area contributed by atoms with Crippen molar-refractivity contribution < 1.29 is 14.4 Å². The van der Waals surface area contributed by atoms with Crippen LogP contribution in [0.4, 0.5) is 5.00 Å². The van der Waals surface area contributed by atoms with Gasteiger partial charge < -0.3 is 15.0 Å². The van der Waals surface area contributed by atoms with E-state index in [4.69, 9.17) is 4.74 Å². The number of nitrogens with zero attached hydrogens (tertiary/aromatic N) is 1. The number of fused-ring (bicyclic) bond motifs is 2. The molecule has 0 aliphatic heterocycles. The first-order chi connectivity index (χ1) is 14.1.